The third-order valence-electron chi connectivity index (χ3n) is 17.5. The Hall–Kier alpha value is -6.00. The Balaban J connectivity index is 1.28. The maximum absolute atomic E-state index is 2.82. The van der Waals surface area contributed by atoms with Gasteiger partial charge in [0, 0.05) is 50.9 Å². The second kappa shape index (κ2) is 16.0. The van der Waals surface area contributed by atoms with Gasteiger partial charge in [-0.2, -0.15) is 0 Å². The highest BCUT2D eigenvalue weighted by Crippen LogP contribution is 2.62. The molecule has 0 spiro atoms. The van der Waals surface area contributed by atoms with E-state index >= 15 is 0 Å². The summed E-state index contributed by atoms with van der Waals surface area (Å²) in [6.07, 6.45) is 4.73. The van der Waals surface area contributed by atoms with Gasteiger partial charge in [0.25, 0.3) is 6.71 Å². The number of rotatable bonds is 4. The van der Waals surface area contributed by atoms with Crippen molar-refractivity contribution in [3.05, 3.63) is 173 Å². The van der Waals surface area contributed by atoms with Gasteiger partial charge in [-0.15, -0.1) is 0 Å². The molecule has 1 aliphatic carbocycles. The lowest BCUT2D eigenvalue weighted by Crippen LogP contribution is -2.61. The first-order valence-corrected chi connectivity index (χ1v) is 26.7. The number of hydrogen-bond donors (Lipinski definition) is 0. The Kier molecular flexibility index (Phi) is 10.7. The molecule has 7 aromatic carbocycles. The van der Waals surface area contributed by atoms with Gasteiger partial charge in [0.1, 0.15) is 0 Å². The van der Waals surface area contributed by atoms with Gasteiger partial charge < -0.3 is 14.7 Å². The average molecular weight is 934 g/mol. The fourth-order valence-electron chi connectivity index (χ4n) is 13.0. The molecule has 4 heteroatoms. The predicted molar refractivity (Wildman–Crippen MR) is 308 cm³/mol. The lowest BCUT2D eigenvalue weighted by atomic mass is 9.33. The van der Waals surface area contributed by atoms with E-state index in [2.05, 4.69) is 258 Å². The molecule has 2 atom stereocenters. The van der Waals surface area contributed by atoms with Gasteiger partial charge in [0.2, 0.25) is 0 Å². The van der Waals surface area contributed by atoms with Crippen molar-refractivity contribution in [1.29, 1.82) is 0 Å². The molecule has 1 saturated carbocycles. The third-order valence-corrected chi connectivity index (χ3v) is 17.5. The van der Waals surface area contributed by atoms with Gasteiger partial charge in [-0.25, -0.2) is 0 Å². The molecule has 3 nitrogen and oxygen atoms in total. The van der Waals surface area contributed by atoms with E-state index in [1.165, 1.54) is 119 Å². The van der Waals surface area contributed by atoms with E-state index in [0.717, 1.165) is 12.8 Å². The van der Waals surface area contributed by atoms with Gasteiger partial charge in [-0.3, -0.25) is 0 Å². The molecule has 3 heterocycles. The largest absolute Gasteiger partial charge is 0.334 e. The number of fused-ring (bicyclic) bond motifs is 7. The van der Waals surface area contributed by atoms with Crippen LogP contribution in [0.25, 0.3) is 11.1 Å². The number of benzene rings is 7. The molecular formula is C67H76BN3. The molecule has 7 aromatic rings. The van der Waals surface area contributed by atoms with Crippen molar-refractivity contribution >= 4 is 68.6 Å². The first kappa shape index (κ1) is 47.3. The minimum atomic E-state index is -0.162. The van der Waals surface area contributed by atoms with E-state index in [1.54, 1.807) is 0 Å². The molecule has 0 aromatic heterocycles. The predicted octanol–water partition coefficient (Wildman–Crippen LogP) is 16.7. The third kappa shape index (κ3) is 7.43. The summed E-state index contributed by atoms with van der Waals surface area (Å²) >= 11 is 0. The highest BCUT2D eigenvalue weighted by Gasteiger charge is 2.58. The van der Waals surface area contributed by atoms with Gasteiger partial charge in [-0.1, -0.05) is 182 Å². The monoisotopic (exact) mass is 934 g/mol. The van der Waals surface area contributed by atoms with Crippen LogP contribution in [-0.4, -0.2) is 12.3 Å². The van der Waals surface area contributed by atoms with E-state index in [-0.39, 0.29) is 39.3 Å². The molecule has 362 valence electrons. The van der Waals surface area contributed by atoms with Crippen LogP contribution < -0.4 is 31.1 Å². The number of nitrogens with zero attached hydrogens (tertiary/aromatic N) is 3. The molecule has 0 bridgehead atoms. The standard InChI is InChI=1S/C67H76BN3/c1-43-22-16-17-27-52(43)44-28-33-56-53(36-44)66(14)34-18-19-35-67(66,15)71(56)51-41-59-61-60(42-51)70(50-26-21-24-46(38-50)63(5,6)7)58-40-48(65(11,12)13)30-32-55(58)68(61)54-31-29-47(64(8,9)10)39-57(54)69(59)49-25-20-23-45(37-49)62(2,3)4/h16-17,20-33,36-42H,18-19,34-35H2,1-15H3. The molecule has 4 aliphatic rings. The van der Waals surface area contributed by atoms with Crippen molar-refractivity contribution in [1.82, 2.24) is 0 Å². The summed E-state index contributed by atoms with van der Waals surface area (Å²) in [5.41, 5.74) is 24.6. The summed E-state index contributed by atoms with van der Waals surface area (Å²) in [6.45, 7) is 35.7. The molecular weight excluding hydrogens is 858 g/mol. The highest BCUT2D eigenvalue weighted by molar-refractivity contribution is 7.00. The van der Waals surface area contributed by atoms with Gasteiger partial charge >= 0.3 is 0 Å². The average Bonchev–Trinajstić information content (AvgIpc) is 3.52. The minimum absolute atomic E-state index is 0.0178. The molecule has 0 saturated heterocycles. The summed E-state index contributed by atoms with van der Waals surface area (Å²) in [5.74, 6) is 0. The van der Waals surface area contributed by atoms with Crippen LogP contribution in [0, 0.1) is 6.92 Å². The molecule has 0 amide bonds. The Labute approximate surface area is 427 Å². The van der Waals surface area contributed by atoms with Crippen molar-refractivity contribution in [3.63, 3.8) is 0 Å². The Morgan fingerprint density at radius 3 is 1.44 bits per heavy atom. The van der Waals surface area contributed by atoms with E-state index in [9.17, 15) is 0 Å². The Bertz CT molecular complexity index is 3130. The lowest BCUT2D eigenvalue weighted by Gasteiger charge is -2.51. The molecule has 3 aliphatic heterocycles. The summed E-state index contributed by atoms with van der Waals surface area (Å²) in [6, 6.07) is 55.3. The SMILES string of the molecule is Cc1ccccc1-c1ccc2c(c1)C1(C)CCCCC1(C)N2c1cc2c3c(c1)N(c1cccc(C(C)(C)C)c1)c1cc(C(C)(C)C)ccc1B3c1ccc(C(C)(C)C)cc1N2c1cccc(C(C)(C)C)c1. The Morgan fingerprint density at radius 2 is 0.930 bits per heavy atom. The van der Waals surface area contributed by atoms with Crippen LogP contribution in [0.15, 0.2) is 140 Å². The van der Waals surface area contributed by atoms with Crippen LogP contribution >= 0.6 is 0 Å². The first-order valence-electron chi connectivity index (χ1n) is 26.7. The molecule has 2 unspecified atom stereocenters. The zero-order chi connectivity index (χ0) is 50.4. The zero-order valence-electron chi connectivity index (χ0n) is 45.5. The smallest absolute Gasteiger partial charge is 0.252 e. The summed E-state index contributed by atoms with van der Waals surface area (Å²) in [4.78, 5) is 8.15. The molecule has 0 radical (unpaired) electrons. The Morgan fingerprint density at radius 1 is 0.437 bits per heavy atom. The number of hydrogen-bond acceptors (Lipinski definition) is 3. The van der Waals surface area contributed by atoms with Crippen molar-refractivity contribution in [2.45, 2.75) is 162 Å². The maximum atomic E-state index is 2.82. The topological polar surface area (TPSA) is 9.72 Å². The van der Waals surface area contributed by atoms with Crippen molar-refractivity contribution in [2.75, 3.05) is 14.7 Å². The van der Waals surface area contributed by atoms with Crippen LogP contribution in [0.3, 0.4) is 0 Å². The van der Waals surface area contributed by atoms with Crippen molar-refractivity contribution in [2.24, 2.45) is 0 Å². The van der Waals surface area contributed by atoms with E-state index in [0.29, 0.717) is 0 Å². The van der Waals surface area contributed by atoms with Crippen molar-refractivity contribution in [3.8, 4) is 11.1 Å². The van der Waals surface area contributed by atoms with Gasteiger partial charge in [0.05, 0.1) is 5.54 Å². The van der Waals surface area contributed by atoms with Gasteiger partial charge in [-0.05, 0) is 170 Å². The van der Waals surface area contributed by atoms with Crippen LogP contribution in [0.1, 0.15) is 156 Å². The van der Waals surface area contributed by atoms with Crippen LogP contribution in [0.5, 0.6) is 0 Å². The van der Waals surface area contributed by atoms with Crippen LogP contribution in [-0.2, 0) is 27.1 Å². The zero-order valence-corrected chi connectivity index (χ0v) is 45.5. The number of anilines is 8. The second-order valence-corrected chi connectivity index (χ2v) is 26.3. The first-order chi connectivity index (χ1) is 33.4. The molecule has 1 fully saturated rings. The highest BCUT2D eigenvalue weighted by atomic mass is 15.3. The normalized spacial score (nSPS) is 19.5. The number of aryl methyl sites for hydroxylation is 1. The molecule has 11 rings (SSSR count). The quantitative estimate of drug-likeness (QED) is 0.163. The summed E-state index contributed by atoms with van der Waals surface area (Å²) in [7, 11) is 0. The van der Waals surface area contributed by atoms with Crippen molar-refractivity contribution < 1.29 is 0 Å². The minimum Gasteiger partial charge on any atom is -0.334 e. The summed E-state index contributed by atoms with van der Waals surface area (Å²) in [5, 5.41) is 0. The van der Waals surface area contributed by atoms with E-state index < -0.39 is 0 Å². The maximum Gasteiger partial charge on any atom is 0.252 e. The molecule has 0 N–H and O–H groups in total. The van der Waals surface area contributed by atoms with Crippen LogP contribution in [0.4, 0.5) is 45.5 Å². The second-order valence-electron chi connectivity index (χ2n) is 26.3. The van der Waals surface area contributed by atoms with E-state index in [1.807, 2.05) is 0 Å². The fourth-order valence-corrected chi connectivity index (χ4v) is 13.0. The van der Waals surface area contributed by atoms with Gasteiger partial charge in [0.15, 0.2) is 0 Å². The summed E-state index contributed by atoms with van der Waals surface area (Å²) < 4.78 is 0. The van der Waals surface area contributed by atoms with Crippen LogP contribution in [0.2, 0.25) is 0 Å². The fraction of sp³-hybridized carbons (Fsp3) is 0.373. The molecule has 71 heavy (non-hydrogen) atoms. The lowest BCUT2D eigenvalue weighted by molar-refractivity contribution is 0.195. The van der Waals surface area contributed by atoms with E-state index in [4.69, 9.17) is 0 Å².